The second-order valence-electron chi connectivity index (χ2n) is 3.89. The first-order chi connectivity index (χ1) is 8.58. The van der Waals surface area contributed by atoms with Gasteiger partial charge in [-0.2, -0.15) is 0 Å². The molecule has 94 valence electrons. The Morgan fingerprint density at radius 1 is 1.44 bits per heavy atom. The number of hydrogen-bond acceptors (Lipinski definition) is 5. The van der Waals surface area contributed by atoms with Gasteiger partial charge in [-0.05, 0) is 26.0 Å². The zero-order chi connectivity index (χ0) is 13.1. The summed E-state index contributed by atoms with van der Waals surface area (Å²) in [5, 5.41) is 15.7. The quantitative estimate of drug-likeness (QED) is 0.859. The minimum atomic E-state index is -1.03. The van der Waals surface area contributed by atoms with Gasteiger partial charge < -0.3 is 14.9 Å². The van der Waals surface area contributed by atoms with Gasteiger partial charge in [0.05, 0.1) is 17.6 Å². The molecule has 2 N–H and O–H groups in total. The average Bonchev–Trinajstić information content (AvgIpc) is 2.67. The fourth-order valence-corrected chi connectivity index (χ4v) is 1.57. The van der Waals surface area contributed by atoms with Gasteiger partial charge in [0.25, 0.3) is 0 Å². The lowest BCUT2D eigenvalue weighted by atomic mass is 10.2. The number of rotatable bonds is 4. The Kier molecular flexibility index (Phi) is 3.27. The molecule has 2 aromatic heterocycles. The second kappa shape index (κ2) is 4.87. The predicted octanol–water partition coefficient (Wildman–Crippen LogP) is 2.00. The number of aryl methyl sites for hydroxylation is 2. The molecule has 0 bridgehead atoms. The van der Waals surface area contributed by atoms with Gasteiger partial charge in [0, 0.05) is 12.1 Å². The van der Waals surface area contributed by atoms with Crippen LogP contribution in [-0.4, -0.2) is 21.2 Å². The molecule has 2 heterocycles. The van der Waals surface area contributed by atoms with E-state index in [9.17, 15) is 4.79 Å². The van der Waals surface area contributed by atoms with Crippen LogP contribution in [0.5, 0.6) is 0 Å². The van der Waals surface area contributed by atoms with Crippen molar-refractivity contribution in [2.24, 2.45) is 0 Å². The number of nitrogens with zero attached hydrogens (tertiary/aromatic N) is 2. The molecule has 18 heavy (non-hydrogen) atoms. The summed E-state index contributed by atoms with van der Waals surface area (Å²) in [5.74, 6) is -0.262. The molecule has 0 unspecified atom stereocenters. The van der Waals surface area contributed by atoms with Crippen LogP contribution in [0, 0.1) is 13.8 Å². The molecular formula is C12H13N3O3. The van der Waals surface area contributed by atoms with Crippen LogP contribution in [0.2, 0.25) is 0 Å². The monoisotopic (exact) mass is 247 g/mol. The molecule has 0 radical (unpaired) electrons. The Morgan fingerprint density at radius 2 is 2.22 bits per heavy atom. The number of carboxylic acids is 1. The Balaban J connectivity index is 2.04. The molecule has 0 amide bonds. The number of carboxylic acid groups (broad SMARTS) is 1. The number of hydrogen-bond donors (Lipinski definition) is 2. The smallest absolute Gasteiger partial charge is 0.354 e. The Morgan fingerprint density at radius 3 is 2.72 bits per heavy atom. The summed E-state index contributed by atoms with van der Waals surface area (Å²) in [6.45, 7) is 4.29. The normalized spacial score (nSPS) is 10.3. The van der Waals surface area contributed by atoms with E-state index in [1.807, 2.05) is 13.8 Å². The lowest BCUT2D eigenvalue weighted by molar-refractivity contribution is 0.0690. The molecule has 0 saturated carbocycles. The first kappa shape index (κ1) is 12.1. The third kappa shape index (κ3) is 2.48. The maximum Gasteiger partial charge on any atom is 0.354 e. The second-order valence-corrected chi connectivity index (χ2v) is 3.89. The van der Waals surface area contributed by atoms with Crippen LogP contribution >= 0.6 is 0 Å². The number of carbonyl (C=O) groups is 1. The molecule has 0 aliphatic heterocycles. The first-order valence-electron chi connectivity index (χ1n) is 5.43. The van der Waals surface area contributed by atoms with Crippen LogP contribution in [-0.2, 0) is 6.54 Å². The molecule has 0 atom stereocenters. The van der Waals surface area contributed by atoms with Crippen molar-refractivity contribution >= 4 is 11.7 Å². The minimum absolute atomic E-state index is 0.0258. The van der Waals surface area contributed by atoms with Crippen molar-refractivity contribution in [3.05, 3.63) is 41.0 Å². The molecule has 0 aliphatic rings. The van der Waals surface area contributed by atoms with Crippen LogP contribution in [0.1, 0.15) is 27.5 Å². The Hall–Kier alpha value is -2.37. The summed E-state index contributed by atoms with van der Waals surface area (Å²) in [6, 6.07) is 3.13. The third-order valence-corrected chi connectivity index (χ3v) is 2.63. The third-order valence-electron chi connectivity index (χ3n) is 2.63. The molecule has 6 nitrogen and oxygen atoms in total. The van der Waals surface area contributed by atoms with E-state index in [0.717, 1.165) is 22.7 Å². The maximum atomic E-state index is 10.6. The summed E-state index contributed by atoms with van der Waals surface area (Å²) in [6.07, 6.45) is 1.49. The lowest BCUT2D eigenvalue weighted by Crippen LogP contribution is -2.04. The average molecular weight is 247 g/mol. The maximum absolute atomic E-state index is 10.6. The summed E-state index contributed by atoms with van der Waals surface area (Å²) in [4.78, 5) is 14.5. The highest BCUT2D eigenvalue weighted by Crippen LogP contribution is 2.14. The van der Waals surface area contributed by atoms with Crippen LogP contribution < -0.4 is 5.32 Å². The van der Waals surface area contributed by atoms with Crippen molar-refractivity contribution in [3.63, 3.8) is 0 Å². The van der Waals surface area contributed by atoms with E-state index < -0.39 is 5.97 Å². The first-order valence-corrected chi connectivity index (χ1v) is 5.43. The zero-order valence-electron chi connectivity index (χ0n) is 10.1. The Bertz CT molecular complexity index is 541. The fraction of sp³-hybridized carbons (Fsp3) is 0.250. The molecule has 2 rings (SSSR count). The van der Waals surface area contributed by atoms with E-state index in [1.54, 1.807) is 6.07 Å². The van der Waals surface area contributed by atoms with Gasteiger partial charge in [-0.25, -0.2) is 9.78 Å². The summed E-state index contributed by atoms with van der Waals surface area (Å²) >= 11 is 0. The number of pyridine rings is 1. The SMILES string of the molecule is Cc1noc(C)c1CNc1ccc(C(=O)O)nc1. The van der Waals surface area contributed by atoms with Crippen LogP contribution in [0.15, 0.2) is 22.9 Å². The fourth-order valence-electron chi connectivity index (χ4n) is 1.57. The molecule has 0 fully saturated rings. The standard InChI is InChI=1S/C12H13N3O3/c1-7-10(8(2)18-15-7)6-13-9-3-4-11(12(16)17)14-5-9/h3-5,13H,6H2,1-2H3,(H,16,17). The number of anilines is 1. The van der Waals surface area contributed by atoms with Crippen LogP contribution in [0.3, 0.4) is 0 Å². The van der Waals surface area contributed by atoms with Crippen molar-refractivity contribution in [2.45, 2.75) is 20.4 Å². The molecule has 6 heteroatoms. The van der Waals surface area contributed by atoms with Crippen LogP contribution in [0.4, 0.5) is 5.69 Å². The van der Waals surface area contributed by atoms with Gasteiger partial charge in [0.2, 0.25) is 0 Å². The van der Waals surface area contributed by atoms with E-state index >= 15 is 0 Å². The number of nitrogens with one attached hydrogen (secondary N) is 1. The van der Waals surface area contributed by atoms with Gasteiger partial charge in [-0.1, -0.05) is 5.16 Å². The van der Waals surface area contributed by atoms with Crippen LogP contribution in [0.25, 0.3) is 0 Å². The zero-order valence-corrected chi connectivity index (χ0v) is 10.1. The highest BCUT2D eigenvalue weighted by atomic mass is 16.5. The molecule has 0 spiro atoms. The highest BCUT2D eigenvalue weighted by Gasteiger charge is 2.08. The number of aromatic nitrogens is 2. The van der Waals surface area contributed by atoms with Gasteiger partial charge in [-0.15, -0.1) is 0 Å². The van der Waals surface area contributed by atoms with Gasteiger partial charge >= 0.3 is 5.97 Å². The molecule has 0 aliphatic carbocycles. The summed E-state index contributed by atoms with van der Waals surface area (Å²) < 4.78 is 5.05. The Labute approximate surface area is 104 Å². The van der Waals surface area contributed by atoms with E-state index in [1.165, 1.54) is 12.3 Å². The van der Waals surface area contributed by atoms with Crippen molar-refractivity contribution < 1.29 is 14.4 Å². The summed E-state index contributed by atoms with van der Waals surface area (Å²) in [7, 11) is 0. The van der Waals surface area contributed by atoms with E-state index in [4.69, 9.17) is 9.63 Å². The van der Waals surface area contributed by atoms with E-state index in [-0.39, 0.29) is 5.69 Å². The van der Waals surface area contributed by atoms with Gasteiger partial charge in [-0.3, -0.25) is 0 Å². The van der Waals surface area contributed by atoms with Crippen molar-refractivity contribution in [2.75, 3.05) is 5.32 Å². The molecule has 0 saturated heterocycles. The summed E-state index contributed by atoms with van der Waals surface area (Å²) in [5.41, 5.74) is 2.62. The van der Waals surface area contributed by atoms with Crippen molar-refractivity contribution in [1.29, 1.82) is 0 Å². The highest BCUT2D eigenvalue weighted by molar-refractivity contribution is 5.85. The lowest BCUT2D eigenvalue weighted by Gasteiger charge is -2.05. The van der Waals surface area contributed by atoms with Gasteiger partial charge in [0.1, 0.15) is 11.5 Å². The number of aromatic carboxylic acids is 1. The molecular weight excluding hydrogens is 234 g/mol. The van der Waals surface area contributed by atoms with E-state index in [0.29, 0.717) is 6.54 Å². The van der Waals surface area contributed by atoms with Crippen molar-refractivity contribution in [3.8, 4) is 0 Å². The van der Waals surface area contributed by atoms with Crippen molar-refractivity contribution in [1.82, 2.24) is 10.1 Å². The van der Waals surface area contributed by atoms with E-state index in [2.05, 4.69) is 15.5 Å². The molecule has 0 aromatic carbocycles. The predicted molar refractivity (Wildman–Crippen MR) is 64.5 cm³/mol. The topological polar surface area (TPSA) is 88.2 Å². The minimum Gasteiger partial charge on any atom is -0.477 e. The van der Waals surface area contributed by atoms with Gasteiger partial charge in [0.15, 0.2) is 0 Å². The molecule has 2 aromatic rings. The largest absolute Gasteiger partial charge is 0.477 e.